The van der Waals surface area contributed by atoms with Crippen molar-refractivity contribution in [1.82, 2.24) is 4.57 Å². The first-order valence-corrected chi connectivity index (χ1v) is 9.94. The number of esters is 2. The van der Waals surface area contributed by atoms with E-state index in [-0.39, 0.29) is 23.8 Å². The van der Waals surface area contributed by atoms with Crippen LogP contribution in [-0.4, -0.2) is 54.1 Å². The molecule has 1 heterocycles. The smallest absolute Gasteiger partial charge is 0.338 e. The Balaban J connectivity index is 2.20. The minimum absolute atomic E-state index is 0.00951. The van der Waals surface area contributed by atoms with Gasteiger partial charge in [-0.15, -0.1) is 0 Å². The van der Waals surface area contributed by atoms with Gasteiger partial charge in [-0.3, -0.25) is 14.9 Å². The van der Waals surface area contributed by atoms with Crippen molar-refractivity contribution in [3.8, 4) is 0 Å². The molecule has 0 radical (unpaired) electrons. The number of carbonyl (C=O) groups excluding carboxylic acids is 3. The van der Waals surface area contributed by atoms with Crippen LogP contribution in [0.2, 0.25) is 0 Å². The number of hydrogen-bond donors (Lipinski definition) is 0. The molecule has 2 rings (SSSR count). The van der Waals surface area contributed by atoms with Crippen LogP contribution < -0.4 is 0 Å². The second-order valence-corrected chi connectivity index (χ2v) is 7.20. The number of aromatic nitrogens is 1. The standard InChI is InChI=1S/C22H26N2O8/c1-6-31-21(26)16-8-17(10-18(9-16)24(28)29)22(27)32-12-20(25)19-7-13(2)23(15(19)4)14(3)11-30-5/h7-10,14H,6,11-12H2,1-5H3. The number of nitro groups is 1. The molecule has 0 aliphatic rings. The molecule has 0 fully saturated rings. The summed E-state index contributed by atoms with van der Waals surface area (Å²) in [5.74, 6) is -2.19. The van der Waals surface area contributed by atoms with E-state index in [1.54, 1.807) is 27.0 Å². The Morgan fingerprint density at radius 2 is 1.66 bits per heavy atom. The molecule has 0 saturated carbocycles. The lowest BCUT2D eigenvalue weighted by Gasteiger charge is -2.17. The highest BCUT2D eigenvalue weighted by Crippen LogP contribution is 2.22. The molecule has 32 heavy (non-hydrogen) atoms. The summed E-state index contributed by atoms with van der Waals surface area (Å²) in [7, 11) is 1.59. The number of carbonyl (C=O) groups is 3. The van der Waals surface area contributed by atoms with Crippen molar-refractivity contribution in [2.24, 2.45) is 0 Å². The van der Waals surface area contributed by atoms with E-state index in [0.29, 0.717) is 17.9 Å². The molecular formula is C22H26N2O8. The average Bonchev–Trinajstić information content (AvgIpc) is 3.05. The number of nitrogens with zero attached hydrogens (tertiary/aromatic N) is 2. The van der Waals surface area contributed by atoms with Crippen LogP contribution in [0.15, 0.2) is 24.3 Å². The van der Waals surface area contributed by atoms with Crippen LogP contribution in [0.4, 0.5) is 5.69 Å². The fourth-order valence-corrected chi connectivity index (χ4v) is 3.51. The molecule has 1 aromatic heterocycles. The predicted molar refractivity (Wildman–Crippen MR) is 114 cm³/mol. The van der Waals surface area contributed by atoms with Crippen LogP contribution in [0.25, 0.3) is 0 Å². The zero-order chi connectivity index (χ0) is 24.0. The van der Waals surface area contributed by atoms with Gasteiger partial charge in [0.2, 0.25) is 5.78 Å². The van der Waals surface area contributed by atoms with Crippen molar-refractivity contribution in [1.29, 1.82) is 0 Å². The van der Waals surface area contributed by atoms with E-state index in [2.05, 4.69) is 0 Å². The van der Waals surface area contributed by atoms with Gasteiger partial charge in [-0.2, -0.15) is 0 Å². The molecule has 0 N–H and O–H groups in total. The lowest BCUT2D eigenvalue weighted by Crippen LogP contribution is -2.17. The molecular weight excluding hydrogens is 420 g/mol. The number of non-ortho nitro benzene ring substituents is 1. The van der Waals surface area contributed by atoms with Crippen LogP contribution in [-0.2, 0) is 14.2 Å². The zero-order valence-electron chi connectivity index (χ0n) is 18.7. The second kappa shape index (κ2) is 10.7. The predicted octanol–water partition coefficient (Wildman–Crippen LogP) is 3.44. The van der Waals surface area contributed by atoms with Gasteiger partial charge in [0.05, 0.1) is 35.3 Å². The SMILES string of the molecule is CCOC(=O)c1cc(C(=O)OCC(=O)c2cc(C)n(C(C)COC)c2C)cc([N+](=O)[O-])c1. The first-order chi connectivity index (χ1) is 15.1. The molecule has 10 heteroatoms. The minimum Gasteiger partial charge on any atom is -0.462 e. The largest absolute Gasteiger partial charge is 0.462 e. The van der Waals surface area contributed by atoms with Crippen molar-refractivity contribution in [2.75, 3.05) is 26.9 Å². The summed E-state index contributed by atoms with van der Waals surface area (Å²) in [6.07, 6.45) is 0. The molecule has 0 aliphatic carbocycles. The van der Waals surface area contributed by atoms with Crippen molar-refractivity contribution in [2.45, 2.75) is 33.7 Å². The molecule has 0 saturated heterocycles. The van der Waals surface area contributed by atoms with Gasteiger partial charge in [0, 0.05) is 36.2 Å². The third-order valence-electron chi connectivity index (χ3n) is 4.84. The minimum atomic E-state index is -0.964. The number of hydrogen-bond acceptors (Lipinski definition) is 8. The third kappa shape index (κ3) is 5.58. The van der Waals surface area contributed by atoms with E-state index in [9.17, 15) is 24.5 Å². The monoisotopic (exact) mass is 446 g/mol. The molecule has 0 aliphatic heterocycles. The third-order valence-corrected chi connectivity index (χ3v) is 4.84. The zero-order valence-corrected chi connectivity index (χ0v) is 18.7. The first kappa shape index (κ1) is 24.7. The van der Waals surface area contributed by atoms with Gasteiger partial charge in [0.15, 0.2) is 6.61 Å². The number of ketones is 1. The summed E-state index contributed by atoms with van der Waals surface area (Å²) >= 11 is 0. The molecule has 0 spiro atoms. The Bertz CT molecular complexity index is 1040. The van der Waals surface area contributed by atoms with E-state index in [1.165, 1.54) is 0 Å². The maximum Gasteiger partial charge on any atom is 0.338 e. The highest BCUT2D eigenvalue weighted by atomic mass is 16.6. The molecule has 0 bridgehead atoms. The van der Waals surface area contributed by atoms with E-state index in [4.69, 9.17) is 14.2 Å². The molecule has 172 valence electrons. The number of methoxy groups -OCH3 is 1. The van der Waals surface area contributed by atoms with Gasteiger partial charge < -0.3 is 18.8 Å². The number of Topliss-reactive ketones (excluding diaryl/α,β-unsaturated/α-hetero) is 1. The molecule has 0 amide bonds. The summed E-state index contributed by atoms with van der Waals surface area (Å²) < 4.78 is 17.1. The fourth-order valence-electron chi connectivity index (χ4n) is 3.51. The fraction of sp³-hybridized carbons (Fsp3) is 0.409. The number of aryl methyl sites for hydroxylation is 1. The highest BCUT2D eigenvalue weighted by Gasteiger charge is 2.22. The lowest BCUT2D eigenvalue weighted by molar-refractivity contribution is -0.384. The first-order valence-electron chi connectivity index (χ1n) is 9.94. The summed E-state index contributed by atoms with van der Waals surface area (Å²) in [5.41, 5.74) is 1.13. The number of nitro benzene ring substituents is 1. The van der Waals surface area contributed by atoms with E-state index >= 15 is 0 Å². The molecule has 1 aromatic carbocycles. The Kier molecular flexibility index (Phi) is 8.25. The van der Waals surface area contributed by atoms with Crippen LogP contribution in [0.3, 0.4) is 0 Å². The summed E-state index contributed by atoms with van der Waals surface area (Å²) in [6.45, 7) is 7.18. The van der Waals surface area contributed by atoms with Crippen LogP contribution in [0.5, 0.6) is 0 Å². The molecule has 1 atom stereocenters. The Labute approximate surface area is 185 Å². The van der Waals surface area contributed by atoms with Crippen molar-refractivity contribution in [3.05, 3.63) is 62.5 Å². The number of rotatable bonds is 10. The normalized spacial score (nSPS) is 11.7. The summed E-state index contributed by atoms with van der Waals surface area (Å²) in [6, 6.07) is 4.85. The molecule has 2 aromatic rings. The van der Waals surface area contributed by atoms with E-state index in [0.717, 1.165) is 23.9 Å². The van der Waals surface area contributed by atoms with Gasteiger partial charge >= 0.3 is 11.9 Å². The van der Waals surface area contributed by atoms with Gasteiger partial charge in [-0.1, -0.05) is 0 Å². The van der Waals surface area contributed by atoms with E-state index < -0.39 is 34.9 Å². The van der Waals surface area contributed by atoms with Crippen LogP contribution >= 0.6 is 0 Å². The lowest BCUT2D eigenvalue weighted by atomic mass is 10.1. The van der Waals surface area contributed by atoms with Crippen molar-refractivity contribution in [3.63, 3.8) is 0 Å². The topological polar surface area (TPSA) is 127 Å². The van der Waals surface area contributed by atoms with E-state index in [1.807, 2.05) is 18.4 Å². The number of benzene rings is 1. The van der Waals surface area contributed by atoms with Crippen molar-refractivity contribution < 1.29 is 33.5 Å². The van der Waals surface area contributed by atoms with Crippen LogP contribution in [0, 0.1) is 24.0 Å². The van der Waals surface area contributed by atoms with Gasteiger partial charge in [0.25, 0.3) is 5.69 Å². The van der Waals surface area contributed by atoms with Gasteiger partial charge in [0.1, 0.15) is 0 Å². The van der Waals surface area contributed by atoms with Crippen molar-refractivity contribution >= 4 is 23.4 Å². The summed E-state index contributed by atoms with van der Waals surface area (Å²) in [5, 5.41) is 11.2. The summed E-state index contributed by atoms with van der Waals surface area (Å²) in [4.78, 5) is 47.5. The van der Waals surface area contributed by atoms with Gasteiger partial charge in [-0.25, -0.2) is 9.59 Å². The highest BCUT2D eigenvalue weighted by molar-refractivity contribution is 6.01. The maximum absolute atomic E-state index is 12.7. The quantitative estimate of drug-likeness (QED) is 0.235. The Morgan fingerprint density at radius 3 is 2.19 bits per heavy atom. The second-order valence-electron chi connectivity index (χ2n) is 7.20. The van der Waals surface area contributed by atoms with Crippen LogP contribution in [0.1, 0.15) is 62.4 Å². The Hall–Kier alpha value is -3.53. The average molecular weight is 446 g/mol. The Morgan fingerprint density at radius 1 is 1.06 bits per heavy atom. The molecule has 1 unspecified atom stereocenters. The maximum atomic E-state index is 12.7. The molecule has 10 nitrogen and oxygen atoms in total. The number of ether oxygens (including phenoxy) is 3. The van der Waals surface area contributed by atoms with Gasteiger partial charge in [-0.05, 0) is 39.8 Å².